The Hall–Kier alpha value is -2.90. The van der Waals surface area contributed by atoms with Crippen LogP contribution in [0.5, 0.6) is 11.5 Å². The van der Waals surface area contributed by atoms with Crippen LogP contribution in [0.25, 0.3) is 0 Å². The van der Waals surface area contributed by atoms with Crippen molar-refractivity contribution in [1.82, 2.24) is 15.2 Å². The van der Waals surface area contributed by atoms with Crippen molar-refractivity contribution < 1.29 is 14.3 Å². The van der Waals surface area contributed by atoms with Gasteiger partial charge in [0.05, 0.1) is 27.0 Å². The van der Waals surface area contributed by atoms with Gasteiger partial charge in [-0.05, 0) is 23.8 Å². The predicted octanol–water partition coefficient (Wildman–Crippen LogP) is 1.97. The normalized spacial score (nSPS) is 15.4. The number of hydrogen-bond acceptors (Lipinski definition) is 6. The lowest BCUT2D eigenvalue weighted by Gasteiger charge is -2.34. The van der Waals surface area contributed by atoms with E-state index in [0.717, 1.165) is 38.3 Å². The maximum absolute atomic E-state index is 12.2. The first-order valence-electron chi connectivity index (χ1n) is 9.70. The Morgan fingerprint density at radius 3 is 2.45 bits per heavy atom. The summed E-state index contributed by atoms with van der Waals surface area (Å²) in [6, 6.07) is 15.9. The Morgan fingerprint density at radius 1 is 1.03 bits per heavy atom. The van der Waals surface area contributed by atoms with E-state index >= 15 is 0 Å². The number of nitrogens with one attached hydrogen (secondary N) is 1. The fourth-order valence-electron chi connectivity index (χ4n) is 3.30. The molecule has 2 aromatic carbocycles. The number of carbonyl (C=O) groups is 1. The van der Waals surface area contributed by atoms with Crippen LogP contribution in [-0.4, -0.2) is 68.9 Å². The molecule has 1 saturated heterocycles. The van der Waals surface area contributed by atoms with Crippen molar-refractivity contribution in [2.75, 3.05) is 46.9 Å². The van der Waals surface area contributed by atoms with E-state index in [4.69, 9.17) is 9.47 Å². The molecule has 0 unspecified atom stereocenters. The molecule has 0 atom stereocenters. The molecule has 0 radical (unpaired) electrons. The van der Waals surface area contributed by atoms with Gasteiger partial charge in [0.2, 0.25) is 0 Å². The van der Waals surface area contributed by atoms with Crippen molar-refractivity contribution in [2.24, 2.45) is 5.10 Å². The third-order valence-corrected chi connectivity index (χ3v) is 4.91. The van der Waals surface area contributed by atoms with Gasteiger partial charge in [0, 0.05) is 38.3 Å². The fraction of sp³-hybridized carbons (Fsp3) is 0.364. The molecule has 2 aromatic rings. The Labute approximate surface area is 171 Å². The molecule has 0 saturated carbocycles. The minimum atomic E-state index is -0.125. The maximum Gasteiger partial charge on any atom is 0.254 e. The number of methoxy groups -OCH3 is 2. The van der Waals surface area contributed by atoms with E-state index in [0.29, 0.717) is 18.0 Å². The minimum Gasteiger partial charge on any atom is -0.497 e. The molecule has 154 valence electrons. The highest BCUT2D eigenvalue weighted by Gasteiger charge is 2.18. The summed E-state index contributed by atoms with van der Waals surface area (Å²) in [5, 5.41) is 4.06. The second-order valence-corrected chi connectivity index (χ2v) is 6.94. The van der Waals surface area contributed by atoms with Gasteiger partial charge in [-0.1, -0.05) is 30.3 Å². The van der Waals surface area contributed by atoms with Gasteiger partial charge in [-0.2, -0.15) is 5.10 Å². The SMILES string of the molecule is COc1ccc(OC)c(/C=N/NC(=O)CN2CCN(Cc3ccccc3)CC2)c1. The topological polar surface area (TPSA) is 66.4 Å². The first-order chi connectivity index (χ1) is 14.2. The number of hydrogen-bond donors (Lipinski definition) is 1. The fourth-order valence-corrected chi connectivity index (χ4v) is 3.30. The lowest BCUT2D eigenvalue weighted by Crippen LogP contribution is -2.48. The molecule has 7 heteroatoms. The van der Waals surface area contributed by atoms with E-state index in [1.54, 1.807) is 32.6 Å². The number of amides is 1. The van der Waals surface area contributed by atoms with Crippen LogP contribution >= 0.6 is 0 Å². The molecule has 0 bridgehead atoms. The van der Waals surface area contributed by atoms with Crippen LogP contribution in [0.3, 0.4) is 0 Å². The summed E-state index contributed by atoms with van der Waals surface area (Å²) >= 11 is 0. The molecule has 1 heterocycles. The predicted molar refractivity (Wildman–Crippen MR) is 113 cm³/mol. The summed E-state index contributed by atoms with van der Waals surface area (Å²) in [5.41, 5.74) is 4.66. The van der Waals surface area contributed by atoms with Crippen molar-refractivity contribution >= 4 is 12.1 Å². The Balaban J connectivity index is 1.43. The van der Waals surface area contributed by atoms with Gasteiger partial charge in [-0.3, -0.25) is 14.6 Å². The monoisotopic (exact) mass is 396 g/mol. The molecule has 7 nitrogen and oxygen atoms in total. The van der Waals surface area contributed by atoms with Gasteiger partial charge in [0.25, 0.3) is 5.91 Å². The van der Waals surface area contributed by atoms with Gasteiger partial charge < -0.3 is 9.47 Å². The molecule has 0 spiro atoms. The summed E-state index contributed by atoms with van der Waals surface area (Å²) in [5.74, 6) is 1.24. The number of carbonyl (C=O) groups excluding carboxylic acids is 1. The first-order valence-corrected chi connectivity index (χ1v) is 9.70. The molecule has 1 fully saturated rings. The molecule has 1 aliphatic heterocycles. The summed E-state index contributed by atoms with van der Waals surface area (Å²) in [4.78, 5) is 16.8. The minimum absolute atomic E-state index is 0.125. The van der Waals surface area contributed by atoms with Crippen LogP contribution in [0.1, 0.15) is 11.1 Å². The summed E-state index contributed by atoms with van der Waals surface area (Å²) in [6.45, 7) is 4.93. The van der Waals surface area contributed by atoms with E-state index in [2.05, 4.69) is 44.6 Å². The smallest absolute Gasteiger partial charge is 0.254 e. The van der Waals surface area contributed by atoms with Gasteiger partial charge in [0.1, 0.15) is 11.5 Å². The van der Waals surface area contributed by atoms with E-state index in [-0.39, 0.29) is 5.91 Å². The van der Waals surface area contributed by atoms with Crippen molar-refractivity contribution in [2.45, 2.75) is 6.54 Å². The average molecular weight is 396 g/mol. The van der Waals surface area contributed by atoms with Crippen LogP contribution in [-0.2, 0) is 11.3 Å². The number of benzene rings is 2. The van der Waals surface area contributed by atoms with Crippen LogP contribution in [0.2, 0.25) is 0 Å². The average Bonchev–Trinajstić information content (AvgIpc) is 2.75. The van der Waals surface area contributed by atoms with Crippen molar-refractivity contribution in [3.05, 3.63) is 59.7 Å². The van der Waals surface area contributed by atoms with E-state index < -0.39 is 0 Å². The first kappa shape index (κ1) is 20.8. The molecule has 3 rings (SSSR count). The third-order valence-electron chi connectivity index (χ3n) is 4.91. The largest absolute Gasteiger partial charge is 0.497 e. The zero-order chi connectivity index (χ0) is 20.5. The Morgan fingerprint density at radius 2 is 1.76 bits per heavy atom. The summed E-state index contributed by atoms with van der Waals surface area (Å²) < 4.78 is 10.5. The highest BCUT2D eigenvalue weighted by molar-refractivity contribution is 5.86. The van der Waals surface area contributed by atoms with Crippen molar-refractivity contribution in [1.29, 1.82) is 0 Å². The van der Waals surface area contributed by atoms with Crippen LogP contribution < -0.4 is 14.9 Å². The van der Waals surface area contributed by atoms with E-state index in [1.165, 1.54) is 5.56 Å². The molecule has 1 N–H and O–H groups in total. The van der Waals surface area contributed by atoms with Crippen LogP contribution in [0.15, 0.2) is 53.6 Å². The number of piperazine rings is 1. The standard InChI is InChI=1S/C22H28N4O3/c1-28-20-8-9-21(29-2)19(14-20)15-23-24-22(27)17-26-12-10-25(11-13-26)16-18-6-4-3-5-7-18/h3-9,14-15H,10-13,16-17H2,1-2H3,(H,24,27)/b23-15+. The zero-order valence-electron chi connectivity index (χ0n) is 17.0. The number of rotatable bonds is 8. The molecule has 1 amide bonds. The highest BCUT2D eigenvalue weighted by atomic mass is 16.5. The molecule has 0 aliphatic carbocycles. The van der Waals surface area contributed by atoms with E-state index in [1.807, 2.05) is 12.1 Å². The number of hydrazone groups is 1. The quantitative estimate of drug-likeness (QED) is 0.546. The highest BCUT2D eigenvalue weighted by Crippen LogP contribution is 2.22. The number of nitrogens with zero attached hydrogens (tertiary/aromatic N) is 3. The van der Waals surface area contributed by atoms with Gasteiger partial charge >= 0.3 is 0 Å². The lowest BCUT2D eigenvalue weighted by molar-refractivity contribution is -0.122. The zero-order valence-corrected chi connectivity index (χ0v) is 17.0. The maximum atomic E-state index is 12.2. The molecular formula is C22H28N4O3. The van der Waals surface area contributed by atoms with Crippen LogP contribution in [0, 0.1) is 0 Å². The van der Waals surface area contributed by atoms with E-state index in [9.17, 15) is 4.79 Å². The van der Waals surface area contributed by atoms with Crippen molar-refractivity contribution in [3.63, 3.8) is 0 Å². The third kappa shape index (κ3) is 6.30. The van der Waals surface area contributed by atoms with Gasteiger partial charge in [0.15, 0.2) is 0 Å². The van der Waals surface area contributed by atoms with Gasteiger partial charge in [-0.25, -0.2) is 5.43 Å². The lowest BCUT2D eigenvalue weighted by atomic mass is 10.2. The Bertz CT molecular complexity index is 818. The van der Waals surface area contributed by atoms with Gasteiger partial charge in [-0.15, -0.1) is 0 Å². The molecule has 29 heavy (non-hydrogen) atoms. The second-order valence-electron chi connectivity index (χ2n) is 6.94. The van der Waals surface area contributed by atoms with Crippen molar-refractivity contribution in [3.8, 4) is 11.5 Å². The molecule has 1 aliphatic rings. The summed E-state index contributed by atoms with van der Waals surface area (Å²) in [7, 11) is 3.19. The number of ether oxygens (including phenoxy) is 2. The summed E-state index contributed by atoms with van der Waals surface area (Å²) in [6.07, 6.45) is 1.57. The van der Waals surface area contributed by atoms with Crippen LogP contribution in [0.4, 0.5) is 0 Å². The second kappa shape index (κ2) is 10.6. The molecular weight excluding hydrogens is 368 g/mol. The Kier molecular flexibility index (Phi) is 7.61. The molecule has 0 aromatic heterocycles.